The van der Waals surface area contributed by atoms with Crippen LogP contribution >= 0.6 is 0 Å². The first-order valence-corrected chi connectivity index (χ1v) is 6.94. The quantitative estimate of drug-likeness (QED) is 0.861. The lowest BCUT2D eigenvalue weighted by Gasteiger charge is -2.17. The van der Waals surface area contributed by atoms with Gasteiger partial charge in [0.2, 0.25) is 0 Å². The first-order valence-electron chi connectivity index (χ1n) is 6.94. The van der Waals surface area contributed by atoms with Crippen LogP contribution in [0.15, 0.2) is 48.5 Å². The Hall–Kier alpha value is -2.40. The maximum Gasteiger partial charge on any atom is 0.258 e. The van der Waals surface area contributed by atoms with E-state index in [-0.39, 0.29) is 19.0 Å². The van der Waals surface area contributed by atoms with Gasteiger partial charge in [-0.2, -0.15) is 0 Å². The Bertz CT molecular complexity index is 631. The van der Waals surface area contributed by atoms with Crippen molar-refractivity contribution in [1.82, 2.24) is 5.32 Å². The molecule has 2 rings (SSSR count). The van der Waals surface area contributed by atoms with E-state index in [4.69, 9.17) is 4.74 Å². The van der Waals surface area contributed by atoms with Crippen molar-refractivity contribution in [3.63, 3.8) is 0 Å². The Morgan fingerprint density at radius 3 is 2.68 bits per heavy atom. The number of amides is 1. The molecule has 0 saturated carbocycles. The Labute approximate surface area is 128 Å². The van der Waals surface area contributed by atoms with Crippen LogP contribution in [0.2, 0.25) is 0 Å². The van der Waals surface area contributed by atoms with Crippen LogP contribution in [0.3, 0.4) is 0 Å². The van der Waals surface area contributed by atoms with Gasteiger partial charge in [0, 0.05) is 0 Å². The zero-order chi connectivity index (χ0) is 15.9. The minimum Gasteiger partial charge on any atom is -0.481 e. The third kappa shape index (κ3) is 4.30. The Morgan fingerprint density at radius 2 is 2.00 bits per heavy atom. The summed E-state index contributed by atoms with van der Waals surface area (Å²) in [5.41, 5.74) is 1.63. The number of benzene rings is 2. The summed E-state index contributed by atoms with van der Waals surface area (Å²) < 4.78 is 18.7. The SMILES string of the molecule is Cc1ccc(F)c(OCC(=O)NC(CO)c2ccccc2)c1. The van der Waals surface area contributed by atoms with Crippen molar-refractivity contribution in [1.29, 1.82) is 0 Å². The van der Waals surface area contributed by atoms with Crippen LogP contribution < -0.4 is 10.1 Å². The molecule has 0 heterocycles. The summed E-state index contributed by atoms with van der Waals surface area (Å²) in [6, 6.07) is 13.0. The molecule has 0 aromatic heterocycles. The molecule has 4 nitrogen and oxygen atoms in total. The van der Waals surface area contributed by atoms with Gasteiger partial charge < -0.3 is 15.2 Å². The highest BCUT2D eigenvalue weighted by Crippen LogP contribution is 2.18. The van der Waals surface area contributed by atoms with Crippen LogP contribution in [0.5, 0.6) is 5.75 Å². The molecule has 116 valence electrons. The molecule has 22 heavy (non-hydrogen) atoms. The molecular weight excluding hydrogens is 285 g/mol. The number of ether oxygens (including phenoxy) is 1. The monoisotopic (exact) mass is 303 g/mol. The number of nitrogens with one attached hydrogen (secondary N) is 1. The van der Waals surface area contributed by atoms with E-state index in [1.807, 2.05) is 37.3 Å². The highest BCUT2D eigenvalue weighted by atomic mass is 19.1. The maximum absolute atomic E-state index is 13.5. The van der Waals surface area contributed by atoms with Crippen molar-refractivity contribution in [2.75, 3.05) is 13.2 Å². The molecule has 0 fully saturated rings. The molecule has 1 atom stereocenters. The van der Waals surface area contributed by atoms with Crippen LogP contribution in [0, 0.1) is 12.7 Å². The zero-order valence-electron chi connectivity index (χ0n) is 12.3. The average molecular weight is 303 g/mol. The van der Waals surface area contributed by atoms with Crippen molar-refractivity contribution in [3.05, 3.63) is 65.5 Å². The second kappa shape index (κ2) is 7.56. The number of aryl methyl sites for hydroxylation is 1. The van der Waals surface area contributed by atoms with E-state index in [1.165, 1.54) is 12.1 Å². The van der Waals surface area contributed by atoms with Gasteiger partial charge in [-0.05, 0) is 30.2 Å². The van der Waals surface area contributed by atoms with E-state index >= 15 is 0 Å². The molecule has 2 aromatic carbocycles. The summed E-state index contributed by atoms with van der Waals surface area (Å²) in [6.07, 6.45) is 0. The van der Waals surface area contributed by atoms with Crippen molar-refractivity contribution in [2.45, 2.75) is 13.0 Å². The number of aliphatic hydroxyl groups excluding tert-OH is 1. The molecule has 2 aromatic rings. The number of carbonyl (C=O) groups excluding carboxylic acids is 1. The Kier molecular flexibility index (Phi) is 5.49. The van der Waals surface area contributed by atoms with E-state index in [1.54, 1.807) is 6.07 Å². The fourth-order valence-electron chi connectivity index (χ4n) is 2.02. The molecule has 0 aliphatic rings. The largest absolute Gasteiger partial charge is 0.481 e. The first kappa shape index (κ1) is 16.0. The van der Waals surface area contributed by atoms with Gasteiger partial charge in [-0.3, -0.25) is 4.79 Å². The van der Waals surface area contributed by atoms with Crippen LogP contribution in [-0.2, 0) is 4.79 Å². The minimum atomic E-state index is -0.514. The Balaban J connectivity index is 1.93. The third-order valence-electron chi connectivity index (χ3n) is 3.17. The van der Waals surface area contributed by atoms with Crippen LogP contribution in [-0.4, -0.2) is 24.2 Å². The van der Waals surface area contributed by atoms with Crippen LogP contribution in [0.4, 0.5) is 4.39 Å². The summed E-state index contributed by atoms with van der Waals surface area (Å²) >= 11 is 0. The fourth-order valence-corrected chi connectivity index (χ4v) is 2.02. The van der Waals surface area contributed by atoms with E-state index in [9.17, 15) is 14.3 Å². The predicted octanol–water partition coefficient (Wildman–Crippen LogP) is 2.36. The van der Waals surface area contributed by atoms with E-state index in [0.717, 1.165) is 11.1 Å². The normalized spacial score (nSPS) is 11.8. The first-order chi connectivity index (χ1) is 10.6. The zero-order valence-corrected chi connectivity index (χ0v) is 12.3. The summed E-state index contributed by atoms with van der Waals surface area (Å²) in [4.78, 5) is 11.9. The number of rotatable bonds is 6. The number of hydrogen-bond acceptors (Lipinski definition) is 3. The lowest BCUT2D eigenvalue weighted by Crippen LogP contribution is -2.34. The van der Waals surface area contributed by atoms with Gasteiger partial charge in [0.15, 0.2) is 18.2 Å². The van der Waals surface area contributed by atoms with Crippen molar-refractivity contribution in [2.24, 2.45) is 0 Å². The molecule has 2 N–H and O–H groups in total. The van der Waals surface area contributed by atoms with E-state index in [0.29, 0.717) is 0 Å². The van der Waals surface area contributed by atoms with Gasteiger partial charge in [0.25, 0.3) is 5.91 Å². The van der Waals surface area contributed by atoms with Gasteiger partial charge in [0.1, 0.15) is 0 Å². The molecule has 1 amide bonds. The highest BCUT2D eigenvalue weighted by Gasteiger charge is 2.14. The van der Waals surface area contributed by atoms with Gasteiger partial charge in [0.05, 0.1) is 12.6 Å². The number of aliphatic hydroxyl groups is 1. The topological polar surface area (TPSA) is 58.6 Å². The molecule has 0 aliphatic heterocycles. The predicted molar refractivity (Wildman–Crippen MR) is 81.0 cm³/mol. The summed E-state index contributed by atoms with van der Waals surface area (Å²) in [6.45, 7) is 1.27. The molecule has 0 aliphatic carbocycles. The second-order valence-electron chi connectivity index (χ2n) is 4.94. The van der Waals surface area contributed by atoms with Gasteiger partial charge in [-0.25, -0.2) is 4.39 Å². The molecule has 0 radical (unpaired) electrons. The van der Waals surface area contributed by atoms with E-state index in [2.05, 4.69) is 5.32 Å². The smallest absolute Gasteiger partial charge is 0.258 e. The van der Waals surface area contributed by atoms with E-state index < -0.39 is 17.8 Å². The summed E-state index contributed by atoms with van der Waals surface area (Å²) in [5, 5.41) is 12.0. The highest BCUT2D eigenvalue weighted by molar-refractivity contribution is 5.78. The number of carbonyl (C=O) groups is 1. The minimum absolute atomic E-state index is 0.0374. The second-order valence-corrected chi connectivity index (χ2v) is 4.94. The summed E-state index contributed by atoms with van der Waals surface area (Å²) in [5.74, 6) is -0.903. The maximum atomic E-state index is 13.5. The fraction of sp³-hybridized carbons (Fsp3) is 0.235. The standard InChI is InChI=1S/C17H18FNO3/c1-12-7-8-14(18)16(9-12)22-11-17(21)19-15(10-20)13-5-3-2-4-6-13/h2-9,15,20H,10-11H2,1H3,(H,19,21). The van der Waals surface area contributed by atoms with Gasteiger partial charge in [-0.15, -0.1) is 0 Å². The third-order valence-corrected chi connectivity index (χ3v) is 3.17. The molecule has 0 saturated heterocycles. The lowest BCUT2D eigenvalue weighted by molar-refractivity contribution is -0.124. The molecule has 5 heteroatoms. The number of halogens is 1. The van der Waals surface area contributed by atoms with Gasteiger partial charge >= 0.3 is 0 Å². The lowest BCUT2D eigenvalue weighted by atomic mass is 10.1. The van der Waals surface area contributed by atoms with Crippen molar-refractivity contribution < 1.29 is 19.0 Å². The van der Waals surface area contributed by atoms with Gasteiger partial charge in [-0.1, -0.05) is 36.4 Å². The van der Waals surface area contributed by atoms with Crippen LogP contribution in [0.25, 0.3) is 0 Å². The van der Waals surface area contributed by atoms with Crippen molar-refractivity contribution in [3.8, 4) is 5.75 Å². The van der Waals surface area contributed by atoms with Crippen molar-refractivity contribution >= 4 is 5.91 Å². The molecule has 1 unspecified atom stereocenters. The molecule has 0 spiro atoms. The Morgan fingerprint density at radius 1 is 1.27 bits per heavy atom. The molecular formula is C17H18FNO3. The van der Waals surface area contributed by atoms with Crippen LogP contribution in [0.1, 0.15) is 17.2 Å². The average Bonchev–Trinajstić information content (AvgIpc) is 2.54. The molecule has 0 bridgehead atoms. The number of hydrogen-bond donors (Lipinski definition) is 2. The summed E-state index contributed by atoms with van der Waals surface area (Å²) in [7, 11) is 0.